The monoisotopic (exact) mass is 492 g/mol. The standard InChI is InChI=1S/C23H32N4O4S2/c1-17-11-12-19(15-20(17)33(29,30)27-13-7-2-3-8-14-27)24-21(28)16-32-23-26-25-22(31-23)18-9-5-4-6-10-18/h11-12,15,18H,2-10,13-14,16H2,1H3,(H,24,28). The first kappa shape index (κ1) is 24.2. The SMILES string of the molecule is Cc1ccc(NC(=O)CSc2nnc(C3CCCCC3)o2)cc1S(=O)(=O)N1CCCCCC1. The van der Waals surface area contributed by atoms with Crippen LogP contribution in [-0.2, 0) is 14.8 Å². The molecule has 1 amide bonds. The molecule has 1 aliphatic carbocycles. The Hall–Kier alpha value is -1.91. The molecule has 10 heteroatoms. The van der Waals surface area contributed by atoms with Crippen LogP contribution in [0.4, 0.5) is 5.69 Å². The molecule has 2 heterocycles. The summed E-state index contributed by atoms with van der Waals surface area (Å²) in [5.41, 5.74) is 1.14. The molecule has 0 radical (unpaired) electrons. The van der Waals surface area contributed by atoms with Gasteiger partial charge in [0.1, 0.15) is 0 Å². The molecule has 8 nitrogen and oxygen atoms in total. The van der Waals surface area contributed by atoms with E-state index in [1.54, 1.807) is 29.4 Å². The second-order valence-corrected chi connectivity index (χ2v) is 11.7. The first-order chi connectivity index (χ1) is 15.9. The summed E-state index contributed by atoms with van der Waals surface area (Å²) in [5.74, 6) is 0.847. The van der Waals surface area contributed by atoms with Crippen LogP contribution >= 0.6 is 11.8 Å². The number of carbonyl (C=O) groups is 1. The first-order valence-electron chi connectivity index (χ1n) is 11.8. The van der Waals surface area contributed by atoms with E-state index in [9.17, 15) is 13.2 Å². The third-order valence-corrected chi connectivity index (χ3v) is 9.22. The maximum absolute atomic E-state index is 13.2. The lowest BCUT2D eigenvalue weighted by Gasteiger charge is -2.21. The number of hydrogen-bond donors (Lipinski definition) is 1. The molecule has 2 aromatic rings. The summed E-state index contributed by atoms with van der Waals surface area (Å²) in [6.07, 6.45) is 9.64. The quantitative estimate of drug-likeness (QED) is 0.557. The number of benzene rings is 1. The van der Waals surface area contributed by atoms with E-state index in [2.05, 4.69) is 15.5 Å². The predicted molar refractivity (Wildman–Crippen MR) is 128 cm³/mol. The number of sulfonamides is 1. The Morgan fingerprint density at radius 3 is 2.52 bits per heavy atom. The Kier molecular flexibility index (Phi) is 8.08. The van der Waals surface area contributed by atoms with Crippen LogP contribution in [0.3, 0.4) is 0 Å². The first-order valence-corrected chi connectivity index (χ1v) is 14.2. The number of anilines is 1. The van der Waals surface area contributed by atoms with Gasteiger partial charge in [0.2, 0.25) is 21.8 Å². The van der Waals surface area contributed by atoms with E-state index in [1.165, 1.54) is 31.0 Å². The van der Waals surface area contributed by atoms with Crippen LogP contribution in [0, 0.1) is 6.92 Å². The second-order valence-electron chi connectivity index (χ2n) is 8.88. The molecule has 2 aliphatic rings. The molecule has 4 rings (SSSR count). The molecular weight excluding hydrogens is 460 g/mol. The topological polar surface area (TPSA) is 105 Å². The van der Waals surface area contributed by atoms with Crippen LogP contribution < -0.4 is 5.32 Å². The Balaban J connectivity index is 1.37. The fraction of sp³-hybridized carbons (Fsp3) is 0.609. The molecule has 33 heavy (non-hydrogen) atoms. The average molecular weight is 493 g/mol. The summed E-state index contributed by atoms with van der Waals surface area (Å²) in [5, 5.41) is 11.4. The molecule has 1 aromatic carbocycles. The molecule has 0 bridgehead atoms. The van der Waals surface area contributed by atoms with Crippen molar-refractivity contribution >= 4 is 33.4 Å². The highest BCUT2D eigenvalue weighted by molar-refractivity contribution is 7.99. The lowest BCUT2D eigenvalue weighted by molar-refractivity contribution is -0.113. The molecule has 0 atom stereocenters. The zero-order valence-corrected chi connectivity index (χ0v) is 20.7. The smallest absolute Gasteiger partial charge is 0.277 e. The number of thioether (sulfide) groups is 1. The summed E-state index contributed by atoms with van der Waals surface area (Å²) in [6.45, 7) is 2.87. The van der Waals surface area contributed by atoms with Gasteiger partial charge in [-0.05, 0) is 50.3 Å². The maximum atomic E-state index is 13.2. The van der Waals surface area contributed by atoms with Crippen LogP contribution in [0.1, 0.15) is 75.2 Å². The molecule has 180 valence electrons. The van der Waals surface area contributed by atoms with Crippen LogP contribution in [0.5, 0.6) is 0 Å². The average Bonchev–Trinajstić information content (AvgIpc) is 3.11. The van der Waals surface area contributed by atoms with E-state index in [1.807, 2.05) is 0 Å². The molecule has 0 unspecified atom stereocenters. The second kappa shape index (κ2) is 11.0. The molecule has 1 N–H and O–H groups in total. The summed E-state index contributed by atoms with van der Waals surface area (Å²) >= 11 is 1.19. The van der Waals surface area contributed by atoms with E-state index in [4.69, 9.17) is 4.42 Å². The van der Waals surface area contributed by atoms with Crippen LogP contribution in [-0.4, -0.2) is 47.7 Å². The van der Waals surface area contributed by atoms with Gasteiger partial charge in [0.15, 0.2) is 0 Å². The van der Waals surface area contributed by atoms with Crippen molar-refractivity contribution in [1.29, 1.82) is 0 Å². The predicted octanol–water partition coefficient (Wildman–Crippen LogP) is 4.72. The van der Waals surface area contributed by atoms with E-state index in [0.717, 1.165) is 38.5 Å². The van der Waals surface area contributed by atoms with Gasteiger partial charge < -0.3 is 9.73 Å². The zero-order valence-electron chi connectivity index (χ0n) is 19.1. The van der Waals surface area contributed by atoms with E-state index >= 15 is 0 Å². The molecule has 0 spiro atoms. The van der Waals surface area contributed by atoms with Crippen molar-refractivity contribution in [2.24, 2.45) is 0 Å². The van der Waals surface area contributed by atoms with Crippen LogP contribution in [0.2, 0.25) is 0 Å². The van der Waals surface area contributed by atoms with Crippen molar-refractivity contribution in [1.82, 2.24) is 14.5 Å². The molecule has 1 aliphatic heterocycles. The van der Waals surface area contributed by atoms with Crippen LogP contribution in [0.15, 0.2) is 32.7 Å². The van der Waals surface area contributed by atoms with Crippen LogP contribution in [0.25, 0.3) is 0 Å². The Morgan fingerprint density at radius 1 is 1.09 bits per heavy atom. The lowest BCUT2D eigenvalue weighted by Crippen LogP contribution is -2.32. The van der Waals surface area contributed by atoms with Gasteiger partial charge in [-0.25, -0.2) is 8.42 Å². The summed E-state index contributed by atoms with van der Waals surface area (Å²) in [6, 6.07) is 5.03. The minimum absolute atomic E-state index is 0.106. The largest absolute Gasteiger partial charge is 0.416 e. The third-order valence-electron chi connectivity index (χ3n) is 6.36. The van der Waals surface area contributed by atoms with Crippen molar-refractivity contribution in [3.63, 3.8) is 0 Å². The summed E-state index contributed by atoms with van der Waals surface area (Å²) in [4.78, 5) is 12.8. The minimum atomic E-state index is -3.59. The molecular formula is C23H32N4O4S2. The highest BCUT2D eigenvalue weighted by Crippen LogP contribution is 2.33. The number of carbonyl (C=O) groups excluding carboxylic acids is 1. The van der Waals surface area contributed by atoms with Gasteiger partial charge in [-0.3, -0.25) is 4.79 Å². The Bertz CT molecular complexity index is 1060. The molecule has 1 saturated carbocycles. The normalized spacial score (nSPS) is 18.7. The number of hydrogen-bond acceptors (Lipinski definition) is 7. The fourth-order valence-corrected chi connectivity index (χ4v) is 6.83. The van der Waals surface area contributed by atoms with Gasteiger partial charge in [0.25, 0.3) is 5.22 Å². The van der Waals surface area contributed by atoms with Crippen molar-refractivity contribution in [3.8, 4) is 0 Å². The summed E-state index contributed by atoms with van der Waals surface area (Å²) < 4.78 is 33.8. The number of aromatic nitrogens is 2. The van der Waals surface area contributed by atoms with Crippen molar-refractivity contribution in [2.75, 3.05) is 24.2 Å². The van der Waals surface area contributed by atoms with Gasteiger partial charge in [-0.1, -0.05) is 49.9 Å². The number of aryl methyl sites for hydroxylation is 1. The van der Waals surface area contributed by atoms with E-state index < -0.39 is 10.0 Å². The van der Waals surface area contributed by atoms with E-state index in [0.29, 0.717) is 41.4 Å². The van der Waals surface area contributed by atoms with E-state index in [-0.39, 0.29) is 16.6 Å². The number of nitrogens with zero attached hydrogens (tertiary/aromatic N) is 3. The lowest BCUT2D eigenvalue weighted by atomic mass is 9.89. The zero-order chi connectivity index (χ0) is 23.3. The molecule has 1 aromatic heterocycles. The number of rotatable bonds is 7. The fourth-order valence-electron chi connectivity index (χ4n) is 4.49. The molecule has 2 fully saturated rings. The summed E-state index contributed by atoms with van der Waals surface area (Å²) in [7, 11) is -3.59. The highest BCUT2D eigenvalue weighted by Gasteiger charge is 2.27. The highest BCUT2D eigenvalue weighted by atomic mass is 32.2. The number of nitrogens with one attached hydrogen (secondary N) is 1. The van der Waals surface area contributed by atoms with Gasteiger partial charge in [0.05, 0.1) is 10.6 Å². The maximum Gasteiger partial charge on any atom is 0.277 e. The van der Waals surface area contributed by atoms with Gasteiger partial charge in [-0.2, -0.15) is 4.31 Å². The van der Waals surface area contributed by atoms with Crippen molar-refractivity contribution in [2.45, 2.75) is 80.7 Å². The Morgan fingerprint density at radius 2 is 1.79 bits per heavy atom. The van der Waals surface area contributed by atoms with Gasteiger partial charge in [0, 0.05) is 24.7 Å². The minimum Gasteiger partial charge on any atom is -0.416 e. The number of amides is 1. The molecule has 1 saturated heterocycles. The van der Waals surface area contributed by atoms with Crippen molar-refractivity contribution < 1.29 is 17.6 Å². The van der Waals surface area contributed by atoms with Gasteiger partial charge in [-0.15, -0.1) is 10.2 Å². The van der Waals surface area contributed by atoms with Gasteiger partial charge >= 0.3 is 0 Å². The third kappa shape index (κ3) is 6.16. The Labute approximate surface area is 200 Å². The van der Waals surface area contributed by atoms with Crippen molar-refractivity contribution in [3.05, 3.63) is 29.7 Å².